The maximum absolute atomic E-state index is 12.6. The number of aromatic nitrogens is 1. The van der Waals surface area contributed by atoms with E-state index in [1.54, 1.807) is 55.9 Å². The summed E-state index contributed by atoms with van der Waals surface area (Å²) in [6.07, 6.45) is 4.41. The average Bonchev–Trinajstić information content (AvgIpc) is 2.79. The summed E-state index contributed by atoms with van der Waals surface area (Å²) in [5.41, 5.74) is 1.52. The summed E-state index contributed by atoms with van der Waals surface area (Å²) >= 11 is 0. The van der Waals surface area contributed by atoms with Crippen LogP contribution in [0.1, 0.15) is 11.1 Å². The van der Waals surface area contributed by atoms with Crippen LogP contribution in [0.3, 0.4) is 0 Å². The Morgan fingerprint density at radius 3 is 2.29 bits per heavy atom. The Labute approximate surface area is 140 Å². The SMILES string of the molecule is COc1ccc(CN2C(O)=CN(Cc3ccncc3)S2(=O)=O)cc1. The lowest BCUT2D eigenvalue weighted by atomic mass is 10.2. The van der Waals surface area contributed by atoms with E-state index < -0.39 is 10.2 Å². The van der Waals surface area contributed by atoms with Gasteiger partial charge in [-0.2, -0.15) is 8.42 Å². The van der Waals surface area contributed by atoms with Gasteiger partial charge in [0.15, 0.2) is 0 Å². The van der Waals surface area contributed by atoms with Gasteiger partial charge in [0.05, 0.1) is 26.4 Å². The second-order valence-electron chi connectivity index (χ2n) is 5.25. The molecular formula is C16H17N3O4S. The highest BCUT2D eigenvalue weighted by Gasteiger charge is 2.36. The number of aliphatic hydroxyl groups excluding tert-OH is 1. The maximum atomic E-state index is 12.6. The minimum absolute atomic E-state index is 0.0432. The second kappa shape index (κ2) is 6.40. The van der Waals surface area contributed by atoms with Crippen LogP contribution in [0.25, 0.3) is 0 Å². The number of hydrogen-bond acceptors (Lipinski definition) is 5. The third-order valence-corrected chi connectivity index (χ3v) is 5.36. The van der Waals surface area contributed by atoms with Crippen LogP contribution in [0.15, 0.2) is 60.9 Å². The molecule has 1 aromatic carbocycles. The molecule has 24 heavy (non-hydrogen) atoms. The third-order valence-electron chi connectivity index (χ3n) is 3.66. The number of pyridine rings is 1. The molecule has 0 unspecified atom stereocenters. The van der Waals surface area contributed by atoms with Crippen molar-refractivity contribution in [3.8, 4) is 5.75 Å². The lowest BCUT2D eigenvalue weighted by molar-refractivity contribution is 0.284. The molecule has 0 aliphatic carbocycles. The van der Waals surface area contributed by atoms with Crippen LogP contribution in [0, 0.1) is 0 Å². The fourth-order valence-corrected chi connectivity index (χ4v) is 3.75. The molecule has 2 heterocycles. The predicted octanol–water partition coefficient (Wildman–Crippen LogP) is 2.01. The molecule has 1 aliphatic heterocycles. The molecule has 0 bridgehead atoms. The molecule has 0 saturated heterocycles. The van der Waals surface area contributed by atoms with Gasteiger partial charge in [-0.25, -0.2) is 4.31 Å². The first-order valence-electron chi connectivity index (χ1n) is 7.23. The average molecular weight is 347 g/mol. The Morgan fingerprint density at radius 2 is 1.67 bits per heavy atom. The molecule has 0 amide bonds. The van der Waals surface area contributed by atoms with Gasteiger partial charge in [0.2, 0.25) is 5.88 Å². The molecule has 2 aromatic rings. The van der Waals surface area contributed by atoms with E-state index >= 15 is 0 Å². The Bertz CT molecular complexity index is 835. The van der Waals surface area contributed by atoms with Crippen molar-refractivity contribution in [2.45, 2.75) is 13.1 Å². The van der Waals surface area contributed by atoms with E-state index in [4.69, 9.17) is 4.74 Å². The number of ether oxygens (including phenoxy) is 1. The van der Waals surface area contributed by atoms with Crippen molar-refractivity contribution in [1.29, 1.82) is 0 Å². The first-order chi connectivity index (χ1) is 11.5. The van der Waals surface area contributed by atoms with Crippen molar-refractivity contribution >= 4 is 10.2 Å². The van der Waals surface area contributed by atoms with Gasteiger partial charge in [0, 0.05) is 12.4 Å². The highest BCUT2D eigenvalue weighted by molar-refractivity contribution is 7.87. The van der Waals surface area contributed by atoms with Crippen molar-refractivity contribution < 1.29 is 18.3 Å². The van der Waals surface area contributed by atoms with E-state index in [0.717, 1.165) is 19.7 Å². The highest BCUT2D eigenvalue weighted by atomic mass is 32.2. The van der Waals surface area contributed by atoms with E-state index in [1.807, 2.05) is 0 Å². The van der Waals surface area contributed by atoms with Crippen LogP contribution >= 0.6 is 0 Å². The van der Waals surface area contributed by atoms with Gasteiger partial charge in [-0.05, 0) is 35.4 Å². The van der Waals surface area contributed by atoms with E-state index in [1.165, 1.54) is 6.20 Å². The fraction of sp³-hybridized carbons (Fsp3) is 0.188. The molecule has 0 radical (unpaired) electrons. The molecule has 126 valence electrons. The number of methoxy groups -OCH3 is 1. The minimum Gasteiger partial charge on any atom is -0.497 e. The monoisotopic (exact) mass is 347 g/mol. The molecule has 1 N–H and O–H groups in total. The van der Waals surface area contributed by atoms with Crippen LogP contribution < -0.4 is 4.74 Å². The second-order valence-corrected chi connectivity index (χ2v) is 7.06. The smallest absolute Gasteiger partial charge is 0.329 e. The minimum atomic E-state index is -3.82. The van der Waals surface area contributed by atoms with Gasteiger partial charge in [0.25, 0.3) is 0 Å². The Hall–Kier alpha value is -2.74. The zero-order valence-electron chi connectivity index (χ0n) is 13.0. The van der Waals surface area contributed by atoms with Crippen LogP contribution in [-0.2, 0) is 23.3 Å². The number of rotatable bonds is 5. The Kier molecular flexibility index (Phi) is 4.30. The van der Waals surface area contributed by atoms with Crippen LogP contribution in [0.2, 0.25) is 0 Å². The van der Waals surface area contributed by atoms with Gasteiger partial charge in [0.1, 0.15) is 5.75 Å². The summed E-state index contributed by atoms with van der Waals surface area (Å²) in [5.74, 6) is 0.377. The van der Waals surface area contributed by atoms with Gasteiger partial charge in [-0.15, -0.1) is 0 Å². The Balaban J connectivity index is 1.78. The molecular weight excluding hydrogens is 330 g/mol. The van der Waals surface area contributed by atoms with Gasteiger partial charge < -0.3 is 9.84 Å². The molecule has 3 rings (SSSR count). The van der Waals surface area contributed by atoms with E-state index in [9.17, 15) is 13.5 Å². The molecule has 0 spiro atoms. The first-order valence-corrected chi connectivity index (χ1v) is 8.62. The lowest BCUT2D eigenvalue weighted by Crippen LogP contribution is -2.33. The zero-order valence-corrected chi connectivity index (χ0v) is 13.8. The van der Waals surface area contributed by atoms with Crippen LogP contribution in [0.5, 0.6) is 5.75 Å². The van der Waals surface area contributed by atoms with Crippen molar-refractivity contribution in [3.63, 3.8) is 0 Å². The number of benzene rings is 1. The van der Waals surface area contributed by atoms with Crippen LogP contribution in [-0.4, -0.2) is 34.2 Å². The summed E-state index contributed by atoms with van der Waals surface area (Å²) in [4.78, 5) is 3.90. The quantitative estimate of drug-likeness (QED) is 0.894. The summed E-state index contributed by atoms with van der Waals surface area (Å²) < 4.78 is 32.4. The molecule has 1 aliphatic rings. The lowest BCUT2D eigenvalue weighted by Gasteiger charge is -2.21. The maximum Gasteiger partial charge on any atom is 0.329 e. The summed E-state index contributed by atoms with van der Waals surface area (Å²) in [6, 6.07) is 10.5. The largest absolute Gasteiger partial charge is 0.497 e. The van der Waals surface area contributed by atoms with Crippen LogP contribution in [0.4, 0.5) is 0 Å². The molecule has 1 aromatic heterocycles. The summed E-state index contributed by atoms with van der Waals surface area (Å²) in [6.45, 7) is 0.176. The number of nitrogens with zero attached hydrogens (tertiary/aromatic N) is 3. The van der Waals surface area contributed by atoms with Crippen molar-refractivity contribution in [2.75, 3.05) is 7.11 Å². The van der Waals surface area contributed by atoms with E-state index in [-0.39, 0.29) is 19.0 Å². The zero-order chi connectivity index (χ0) is 17.2. The molecule has 0 fully saturated rings. The van der Waals surface area contributed by atoms with Crippen molar-refractivity contribution in [1.82, 2.24) is 13.6 Å². The van der Waals surface area contributed by atoms with Gasteiger partial charge in [-0.3, -0.25) is 9.29 Å². The van der Waals surface area contributed by atoms with Gasteiger partial charge >= 0.3 is 10.2 Å². The highest BCUT2D eigenvalue weighted by Crippen LogP contribution is 2.27. The van der Waals surface area contributed by atoms with Gasteiger partial charge in [-0.1, -0.05) is 12.1 Å². The fourth-order valence-electron chi connectivity index (χ4n) is 2.36. The molecule has 0 saturated carbocycles. The van der Waals surface area contributed by atoms with E-state index in [2.05, 4.69) is 4.98 Å². The third kappa shape index (κ3) is 3.13. The predicted molar refractivity (Wildman–Crippen MR) is 87.9 cm³/mol. The van der Waals surface area contributed by atoms with Crippen molar-refractivity contribution in [3.05, 3.63) is 72.0 Å². The normalized spacial score (nSPS) is 16.1. The molecule has 7 nitrogen and oxygen atoms in total. The first kappa shape index (κ1) is 16.1. The van der Waals surface area contributed by atoms with E-state index in [0.29, 0.717) is 5.75 Å². The molecule has 0 atom stereocenters. The Morgan fingerprint density at radius 1 is 1.04 bits per heavy atom. The van der Waals surface area contributed by atoms with Crippen molar-refractivity contribution in [2.24, 2.45) is 0 Å². The molecule has 8 heteroatoms. The standard InChI is InChI=1S/C16H17N3O4S/c1-23-15-4-2-13(3-5-15)11-19-16(20)12-18(24(19,21)22)10-14-6-8-17-9-7-14/h2-9,12,20H,10-11H2,1H3. The summed E-state index contributed by atoms with van der Waals surface area (Å²) in [7, 11) is -2.26. The topological polar surface area (TPSA) is 83.0 Å². The number of aliphatic hydroxyl groups is 1. The summed E-state index contributed by atoms with van der Waals surface area (Å²) in [5, 5.41) is 10.1. The number of hydrogen-bond donors (Lipinski definition) is 1.